The van der Waals surface area contributed by atoms with Gasteiger partial charge in [-0.25, -0.2) is 0 Å². The quantitative estimate of drug-likeness (QED) is 0.356. The van der Waals surface area contributed by atoms with Crippen LogP contribution in [0.1, 0.15) is 70.2 Å². The first-order valence-electron chi connectivity index (χ1n) is 11.1. The summed E-state index contributed by atoms with van der Waals surface area (Å²) in [6.45, 7) is 16.2. The van der Waals surface area contributed by atoms with Gasteiger partial charge in [0.05, 0.1) is 19.1 Å². The number of hydrogen-bond donors (Lipinski definition) is 0. The van der Waals surface area contributed by atoms with E-state index in [1.165, 1.54) is 5.56 Å². The molecule has 1 saturated carbocycles. The summed E-state index contributed by atoms with van der Waals surface area (Å²) in [5, 5.41) is 0.717. The largest absolute Gasteiger partial charge is 0.426 e. The van der Waals surface area contributed by atoms with Crippen molar-refractivity contribution in [3.63, 3.8) is 0 Å². The van der Waals surface area contributed by atoms with E-state index in [9.17, 15) is 4.79 Å². The predicted octanol–water partition coefficient (Wildman–Crippen LogP) is 7.00. The Kier molecular flexibility index (Phi) is 6.88. The summed E-state index contributed by atoms with van der Waals surface area (Å²) in [7, 11) is 0. The average molecular weight is 443 g/mol. The molecule has 0 amide bonds. The van der Waals surface area contributed by atoms with E-state index in [0.717, 1.165) is 28.9 Å². The third-order valence-electron chi connectivity index (χ3n) is 5.79. The van der Waals surface area contributed by atoms with Gasteiger partial charge in [0, 0.05) is 16.1 Å². The van der Waals surface area contributed by atoms with Crippen molar-refractivity contribution < 1.29 is 14.3 Å². The molecule has 0 radical (unpaired) electrons. The number of hydrogen-bond acceptors (Lipinski definition) is 3. The predicted molar refractivity (Wildman–Crippen MR) is 127 cm³/mol. The highest BCUT2D eigenvalue weighted by Gasteiger charge is 2.45. The zero-order valence-corrected chi connectivity index (χ0v) is 20.6. The minimum absolute atomic E-state index is 0.0906. The standard InChI is InChI=1S/C27H35ClO3/c1-17-12-22(26(2,3)4)24(23(13-17)27(5,6)7)31-25(29)21-14-19(21)16-30-15-18-8-10-20(28)11-9-18/h8-13,19,21H,14-16H2,1-7H3. The van der Waals surface area contributed by atoms with Crippen LogP contribution in [0.5, 0.6) is 5.75 Å². The maximum Gasteiger partial charge on any atom is 0.314 e. The molecular weight excluding hydrogens is 408 g/mol. The Hall–Kier alpha value is -1.84. The Morgan fingerprint density at radius 2 is 1.55 bits per heavy atom. The molecule has 3 nitrogen and oxygen atoms in total. The molecule has 31 heavy (non-hydrogen) atoms. The number of aryl methyl sites for hydroxylation is 1. The van der Waals surface area contributed by atoms with Gasteiger partial charge in [0.15, 0.2) is 0 Å². The summed E-state index contributed by atoms with van der Waals surface area (Å²) in [5.74, 6) is 0.733. The molecular formula is C27H35ClO3. The molecule has 2 unspecified atom stereocenters. The summed E-state index contributed by atoms with van der Waals surface area (Å²) in [4.78, 5) is 13.0. The number of halogens is 1. The highest BCUT2D eigenvalue weighted by molar-refractivity contribution is 6.30. The molecule has 2 aromatic carbocycles. The minimum atomic E-state index is -0.139. The van der Waals surface area contributed by atoms with Crippen molar-refractivity contribution in [2.75, 3.05) is 6.61 Å². The summed E-state index contributed by atoms with van der Waals surface area (Å²) in [5.41, 5.74) is 4.20. The Bertz CT molecular complexity index is 897. The van der Waals surface area contributed by atoms with E-state index < -0.39 is 0 Å². The van der Waals surface area contributed by atoms with Crippen LogP contribution in [0.4, 0.5) is 0 Å². The fourth-order valence-electron chi connectivity index (χ4n) is 3.80. The Labute approximate surface area is 192 Å². The third-order valence-corrected chi connectivity index (χ3v) is 6.04. The fourth-order valence-corrected chi connectivity index (χ4v) is 3.93. The van der Waals surface area contributed by atoms with Crippen LogP contribution in [0.2, 0.25) is 5.02 Å². The molecule has 0 heterocycles. The lowest BCUT2D eigenvalue weighted by Crippen LogP contribution is -2.23. The van der Waals surface area contributed by atoms with Crippen molar-refractivity contribution in [2.45, 2.75) is 72.3 Å². The van der Waals surface area contributed by atoms with Crippen molar-refractivity contribution in [3.05, 3.63) is 63.7 Å². The molecule has 0 aromatic heterocycles. The van der Waals surface area contributed by atoms with Gasteiger partial charge < -0.3 is 9.47 Å². The van der Waals surface area contributed by atoms with Crippen molar-refractivity contribution in [1.82, 2.24) is 0 Å². The van der Waals surface area contributed by atoms with Gasteiger partial charge in [0.1, 0.15) is 5.75 Å². The highest BCUT2D eigenvalue weighted by Crippen LogP contribution is 2.44. The average Bonchev–Trinajstić information content (AvgIpc) is 3.42. The Morgan fingerprint density at radius 1 is 1.00 bits per heavy atom. The number of benzene rings is 2. The molecule has 0 bridgehead atoms. The molecule has 0 aliphatic heterocycles. The van der Waals surface area contributed by atoms with Gasteiger partial charge >= 0.3 is 5.97 Å². The van der Waals surface area contributed by atoms with E-state index in [0.29, 0.717) is 18.2 Å². The first-order valence-corrected chi connectivity index (χ1v) is 11.4. The van der Waals surface area contributed by atoms with E-state index in [1.807, 2.05) is 24.3 Å². The third kappa shape index (κ3) is 6.11. The Morgan fingerprint density at radius 3 is 2.06 bits per heavy atom. The first-order chi connectivity index (χ1) is 14.4. The van der Waals surface area contributed by atoms with Crippen molar-refractivity contribution in [3.8, 4) is 5.75 Å². The maximum absolute atomic E-state index is 13.0. The number of carbonyl (C=O) groups excluding carboxylic acids is 1. The van der Waals surface area contributed by atoms with Crippen LogP contribution in [0.15, 0.2) is 36.4 Å². The molecule has 2 atom stereocenters. The second-order valence-electron chi connectivity index (χ2n) is 10.9. The van der Waals surface area contributed by atoms with Gasteiger partial charge in [-0.1, -0.05) is 83.0 Å². The molecule has 1 aliphatic rings. The van der Waals surface area contributed by atoms with Crippen LogP contribution < -0.4 is 4.74 Å². The molecule has 0 N–H and O–H groups in total. The Balaban J connectivity index is 1.67. The van der Waals surface area contributed by atoms with Gasteiger partial charge in [-0.2, -0.15) is 0 Å². The maximum atomic E-state index is 13.0. The van der Waals surface area contributed by atoms with Crippen LogP contribution in [-0.2, 0) is 27.0 Å². The second kappa shape index (κ2) is 8.96. The normalized spacial score (nSPS) is 18.7. The van der Waals surface area contributed by atoms with Crippen LogP contribution in [0.25, 0.3) is 0 Å². The lowest BCUT2D eigenvalue weighted by atomic mass is 9.78. The highest BCUT2D eigenvalue weighted by atomic mass is 35.5. The van der Waals surface area contributed by atoms with E-state index in [-0.39, 0.29) is 28.6 Å². The number of ether oxygens (including phenoxy) is 2. The van der Waals surface area contributed by atoms with Crippen LogP contribution in [0, 0.1) is 18.8 Å². The van der Waals surface area contributed by atoms with Crippen LogP contribution in [0.3, 0.4) is 0 Å². The molecule has 0 spiro atoms. The van der Waals surface area contributed by atoms with E-state index >= 15 is 0 Å². The molecule has 2 aromatic rings. The van der Waals surface area contributed by atoms with E-state index in [1.54, 1.807) is 0 Å². The fraction of sp³-hybridized carbons (Fsp3) is 0.519. The molecule has 1 fully saturated rings. The smallest absolute Gasteiger partial charge is 0.314 e. The lowest BCUT2D eigenvalue weighted by Gasteiger charge is -2.29. The van der Waals surface area contributed by atoms with Crippen molar-refractivity contribution in [1.29, 1.82) is 0 Å². The summed E-state index contributed by atoms with van der Waals surface area (Å²) >= 11 is 5.92. The second-order valence-corrected chi connectivity index (χ2v) is 11.3. The van der Waals surface area contributed by atoms with Crippen molar-refractivity contribution in [2.24, 2.45) is 11.8 Å². The molecule has 3 rings (SSSR count). The molecule has 168 valence electrons. The summed E-state index contributed by atoms with van der Waals surface area (Å²) < 4.78 is 11.9. The topological polar surface area (TPSA) is 35.5 Å². The number of esters is 1. The zero-order chi connectivity index (χ0) is 23.0. The van der Waals surface area contributed by atoms with Crippen molar-refractivity contribution >= 4 is 17.6 Å². The summed E-state index contributed by atoms with van der Waals surface area (Å²) in [6, 6.07) is 11.9. The molecule has 0 saturated heterocycles. The zero-order valence-electron chi connectivity index (χ0n) is 19.8. The van der Waals surface area contributed by atoms with E-state index in [2.05, 4.69) is 60.6 Å². The monoisotopic (exact) mass is 442 g/mol. The van der Waals surface area contributed by atoms with Crippen LogP contribution in [-0.4, -0.2) is 12.6 Å². The van der Waals surface area contributed by atoms with Crippen LogP contribution >= 0.6 is 11.6 Å². The van der Waals surface area contributed by atoms with Gasteiger partial charge in [-0.05, 0) is 47.8 Å². The van der Waals surface area contributed by atoms with Gasteiger partial charge in [-0.3, -0.25) is 4.79 Å². The summed E-state index contributed by atoms with van der Waals surface area (Å²) in [6.07, 6.45) is 0.820. The minimum Gasteiger partial charge on any atom is -0.426 e. The molecule has 4 heteroatoms. The first kappa shape index (κ1) is 23.8. The number of rotatable bonds is 6. The van der Waals surface area contributed by atoms with Gasteiger partial charge in [-0.15, -0.1) is 0 Å². The molecule has 1 aliphatic carbocycles. The lowest BCUT2D eigenvalue weighted by molar-refractivity contribution is -0.136. The van der Waals surface area contributed by atoms with Gasteiger partial charge in [0.2, 0.25) is 0 Å². The number of carbonyl (C=O) groups is 1. The SMILES string of the molecule is Cc1cc(C(C)(C)C)c(OC(=O)C2CC2COCc2ccc(Cl)cc2)c(C(C)(C)C)c1. The van der Waals surface area contributed by atoms with E-state index in [4.69, 9.17) is 21.1 Å². The van der Waals surface area contributed by atoms with Gasteiger partial charge in [0.25, 0.3) is 0 Å².